The molecular weight excluding hydrogens is 238 g/mol. The first kappa shape index (κ1) is 13.3. The van der Waals surface area contributed by atoms with Crippen molar-refractivity contribution in [3.05, 3.63) is 54.1 Å². The molecule has 2 aromatic rings. The maximum Gasteiger partial charge on any atom is 0.226 e. The van der Waals surface area contributed by atoms with Crippen LogP contribution in [0.15, 0.2) is 43.0 Å². The van der Waals surface area contributed by atoms with E-state index in [1.165, 1.54) is 5.56 Å². The number of amides is 1. The molecule has 1 amide bonds. The third kappa shape index (κ3) is 3.95. The molecule has 0 fully saturated rings. The minimum absolute atomic E-state index is 0.153. The van der Waals surface area contributed by atoms with Crippen LogP contribution in [-0.4, -0.2) is 34.0 Å². The number of hydrogen-bond acceptors (Lipinski definition) is 2. The fourth-order valence-corrected chi connectivity index (χ4v) is 1.95. The first-order valence-electron chi connectivity index (χ1n) is 6.39. The molecule has 2 aromatic heterocycles. The molecule has 0 bridgehead atoms. The van der Waals surface area contributed by atoms with Crippen molar-refractivity contribution in [1.29, 1.82) is 0 Å². The van der Waals surface area contributed by atoms with Gasteiger partial charge in [-0.05, 0) is 35.7 Å². The van der Waals surface area contributed by atoms with Crippen LogP contribution in [-0.2, 0) is 24.7 Å². The Morgan fingerprint density at radius 3 is 2.63 bits per heavy atom. The highest BCUT2D eigenvalue weighted by Gasteiger charge is 2.10. The van der Waals surface area contributed by atoms with Crippen LogP contribution in [0, 0.1) is 0 Å². The van der Waals surface area contributed by atoms with Gasteiger partial charge in [-0.3, -0.25) is 9.78 Å². The predicted octanol–water partition coefficient (Wildman–Crippen LogP) is 1.66. The SMILES string of the molecule is CN(CCc1ccncc1)C(=O)Cc1ccn(C)c1. The molecule has 0 saturated carbocycles. The summed E-state index contributed by atoms with van der Waals surface area (Å²) in [5, 5.41) is 0. The van der Waals surface area contributed by atoms with Gasteiger partial charge in [0, 0.05) is 45.4 Å². The number of likely N-dealkylation sites (N-methyl/N-ethyl adjacent to an activating group) is 1. The number of carbonyl (C=O) groups is 1. The van der Waals surface area contributed by atoms with Crippen LogP contribution in [0.4, 0.5) is 0 Å². The van der Waals surface area contributed by atoms with E-state index in [2.05, 4.69) is 4.98 Å². The van der Waals surface area contributed by atoms with Crippen molar-refractivity contribution in [2.24, 2.45) is 7.05 Å². The number of rotatable bonds is 5. The Labute approximate surface area is 113 Å². The quantitative estimate of drug-likeness (QED) is 0.817. The largest absolute Gasteiger partial charge is 0.357 e. The second kappa shape index (κ2) is 6.18. The van der Waals surface area contributed by atoms with E-state index in [1.54, 1.807) is 17.3 Å². The molecule has 19 heavy (non-hydrogen) atoms. The van der Waals surface area contributed by atoms with Crippen LogP contribution in [0.3, 0.4) is 0 Å². The van der Waals surface area contributed by atoms with Gasteiger partial charge in [0.1, 0.15) is 0 Å². The Morgan fingerprint density at radius 2 is 2.00 bits per heavy atom. The lowest BCUT2D eigenvalue weighted by Crippen LogP contribution is -2.30. The zero-order chi connectivity index (χ0) is 13.7. The van der Waals surface area contributed by atoms with E-state index < -0.39 is 0 Å². The van der Waals surface area contributed by atoms with Crippen LogP contribution in [0.5, 0.6) is 0 Å². The molecule has 0 aliphatic heterocycles. The van der Waals surface area contributed by atoms with Gasteiger partial charge in [-0.2, -0.15) is 0 Å². The molecule has 4 nitrogen and oxygen atoms in total. The summed E-state index contributed by atoms with van der Waals surface area (Å²) in [4.78, 5) is 17.8. The number of aromatic nitrogens is 2. The van der Waals surface area contributed by atoms with Crippen LogP contribution >= 0.6 is 0 Å². The number of carbonyl (C=O) groups excluding carboxylic acids is 1. The average molecular weight is 257 g/mol. The molecule has 4 heteroatoms. The first-order valence-corrected chi connectivity index (χ1v) is 6.39. The van der Waals surface area contributed by atoms with Gasteiger partial charge < -0.3 is 9.47 Å². The first-order chi connectivity index (χ1) is 9.15. The lowest BCUT2D eigenvalue weighted by atomic mass is 10.2. The Bertz CT molecular complexity index is 533. The Hall–Kier alpha value is -2.10. The van der Waals surface area contributed by atoms with Crippen LogP contribution in [0.2, 0.25) is 0 Å². The zero-order valence-corrected chi connectivity index (χ0v) is 11.4. The topological polar surface area (TPSA) is 38.1 Å². The van der Waals surface area contributed by atoms with Gasteiger partial charge in [0.05, 0.1) is 6.42 Å². The lowest BCUT2D eigenvalue weighted by molar-refractivity contribution is -0.129. The molecular formula is C15H19N3O. The van der Waals surface area contributed by atoms with Crippen LogP contribution in [0.1, 0.15) is 11.1 Å². The second-order valence-corrected chi connectivity index (χ2v) is 4.78. The highest BCUT2D eigenvalue weighted by atomic mass is 16.2. The zero-order valence-electron chi connectivity index (χ0n) is 11.4. The normalized spacial score (nSPS) is 10.4. The summed E-state index contributed by atoms with van der Waals surface area (Å²) in [6.45, 7) is 0.732. The summed E-state index contributed by atoms with van der Waals surface area (Å²) >= 11 is 0. The number of aryl methyl sites for hydroxylation is 1. The number of hydrogen-bond donors (Lipinski definition) is 0. The summed E-state index contributed by atoms with van der Waals surface area (Å²) in [5.74, 6) is 0.153. The molecule has 0 aliphatic carbocycles. The Balaban J connectivity index is 1.82. The summed E-state index contributed by atoms with van der Waals surface area (Å²) in [5.41, 5.74) is 2.26. The van der Waals surface area contributed by atoms with E-state index in [0.717, 1.165) is 18.5 Å². The fraction of sp³-hybridized carbons (Fsp3) is 0.333. The fourth-order valence-electron chi connectivity index (χ4n) is 1.95. The van der Waals surface area contributed by atoms with E-state index in [-0.39, 0.29) is 5.91 Å². The summed E-state index contributed by atoms with van der Waals surface area (Å²) < 4.78 is 1.96. The third-order valence-corrected chi connectivity index (χ3v) is 3.16. The standard InChI is InChI=1S/C15H19N3O/c1-17-9-5-14(12-17)11-15(19)18(2)10-6-13-3-7-16-8-4-13/h3-5,7-9,12H,6,10-11H2,1-2H3. The van der Waals surface area contributed by atoms with Crippen molar-refractivity contribution >= 4 is 5.91 Å². The van der Waals surface area contributed by atoms with Gasteiger partial charge in [0.2, 0.25) is 5.91 Å². The van der Waals surface area contributed by atoms with Crippen molar-refractivity contribution in [2.75, 3.05) is 13.6 Å². The van der Waals surface area contributed by atoms with Crippen LogP contribution < -0.4 is 0 Å². The van der Waals surface area contributed by atoms with Crippen molar-refractivity contribution in [3.8, 4) is 0 Å². The monoisotopic (exact) mass is 257 g/mol. The Kier molecular flexibility index (Phi) is 4.34. The highest BCUT2D eigenvalue weighted by molar-refractivity contribution is 5.78. The van der Waals surface area contributed by atoms with E-state index >= 15 is 0 Å². The molecule has 0 radical (unpaired) electrons. The molecule has 0 aromatic carbocycles. The highest BCUT2D eigenvalue weighted by Crippen LogP contribution is 2.04. The summed E-state index contributed by atoms with van der Waals surface area (Å²) in [6, 6.07) is 5.94. The molecule has 0 aliphatic rings. The van der Waals surface area contributed by atoms with Gasteiger partial charge >= 0.3 is 0 Å². The smallest absolute Gasteiger partial charge is 0.226 e. The van der Waals surface area contributed by atoms with Gasteiger partial charge in [-0.25, -0.2) is 0 Å². The van der Waals surface area contributed by atoms with Crippen molar-refractivity contribution in [2.45, 2.75) is 12.8 Å². The van der Waals surface area contributed by atoms with Gasteiger partial charge in [-0.15, -0.1) is 0 Å². The number of pyridine rings is 1. The van der Waals surface area contributed by atoms with Crippen molar-refractivity contribution in [1.82, 2.24) is 14.5 Å². The molecule has 100 valence electrons. The van der Waals surface area contributed by atoms with E-state index in [1.807, 2.05) is 49.3 Å². The molecule has 0 spiro atoms. The minimum atomic E-state index is 0.153. The molecule has 0 saturated heterocycles. The minimum Gasteiger partial charge on any atom is -0.357 e. The van der Waals surface area contributed by atoms with E-state index in [0.29, 0.717) is 6.42 Å². The third-order valence-electron chi connectivity index (χ3n) is 3.16. The average Bonchev–Trinajstić information content (AvgIpc) is 2.82. The second-order valence-electron chi connectivity index (χ2n) is 4.78. The summed E-state index contributed by atoms with van der Waals surface area (Å²) in [6.07, 6.45) is 8.82. The van der Waals surface area contributed by atoms with Crippen molar-refractivity contribution < 1.29 is 4.79 Å². The molecule has 2 heterocycles. The molecule has 0 unspecified atom stereocenters. The lowest BCUT2D eigenvalue weighted by Gasteiger charge is -2.16. The molecule has 0 N–H and O–H groups in total. The Morgan fingerprint density at radius 1 is 1.26 bits per heavy atom. The maximum absolute atomic E-state index is 12.0. The molecule has 0 atom stereocenters. The predicted molar refractivity (Wildman–Crippen MR) is 74.7 cm³/mol. The van der Waals surface area contributed by atoms with Gasteiger partial charge in [0.25, 0.3) is 0 Å². The van der Waals surface area contributed by atoms with Crippen molar-refractivity contribution in [3.63, 3.8) is 0 Å². The van der Waals surface area contributed by atoms with E-state index in [4.69, 9.17) is 0 Å². The maximum atomic E-state index is 12.0. The van der Waals surface area contributed by atoms with Gasteiger partial charge in [-0.1, -0.05) is 0 Å². The summed E-state index contributed by atoms with van der Waals surface area (Å²) in [7, 11) is 3.81. The number of nitrogens with zero attached hydrogens (tertiary/aromatic N) is 3. The van der Waals surface area contributed by atoms with E-state index in [9.17, 15) is 4.79 Å². The van der Waals surface area contributed by atoms with Crippen LogP contribution in [0.25, 0.3) is 0 Å². The molecule has 2 rings (SSSR count). The van der Waals surface area contributed by atoms with Gasteiger partial charge in [0.15, 0.2) is 0 Å².